The first-order valence-corrected chi connectivity index (χ1v) is 10.9. The third kappa shape index (κ3) is 3.14. The molecule has 1 aliphatic carbocycles. The molecule has 2 heterocycles. The van der Waals surface area contributed by atoms with Gasteiger partial charge in [-0.15, -0.1) is 0 Å². The molecule has 2 aromatic heterocycles. The van der Waals surface area contributed by atoms with Crippen LogP contribution in [0.1, 0.15) is 24.0 Å². The van der Waals surface area contributed by atoms with Gasteiger partial charge in [0.25, 0.3) is 0 Å². The number of hydrogen-bond donors (Lipinski definition) is 0. The fourth-order valence-electron chi connectivity index (χ4n) is 4.86. The number of fused-ring (bicyclic) bond motifs is 8. The Labute approximate surface area is 180 Å². The molecule has 0 saturated carbocycles. The van der Waals surface area contributed by atoms with Crippen LogP contribution in [0.4, 0.5) is 0 Å². The summed E-state index contributed by atoms with van der Waals surface area (Å²) in [4.78, 5) is 4.27. The Morgan fingerprint density at radius 1 is 0.645 bits per heavy atom. The van der Waals surface area contributed by atoms with E-state index >= 15 is 0 Å². The summed E-state index contributed by atoms with van der Waals surface area (Å²) in [6.45, 7) is 0. The molecule has 0 atom stereocenters. The molecule has 6 aromatic rings. The quantitative estimate of drug-likeness (QED) is 0.251. The van der Waals surface area contributed by atoms with Crippen LogP contribution >= 0.6 is 0 Å². The van der Waals surface area contributed by atoms with Crippen LogP contribution in [-0.2, 0) is 12.8 Å². The van der Waals surface area contributed by atoms with Gasteiger partial charge in [-0.3, -0.25) is 4.98 Å². The summed E-state index contributed by atoms with van der Waals surface area (Å²) in [6.07, 6.45) is 8.58. The third-order valence-electron chi connectivity index (χ3n) is 6.39. The average Bonchev–Trinajstić information content (AvgIpc) is 3.34. The molecule has 3 nitrogen and oxygen atoms in total. The van der Waals surface area contributed by atoms with Crippen LogP contribution in [0.3, 0.4) is 0 Å². The molecule has 0 unspecified atom stereocenters. The molecule has 4 aromatic carbocycles. The number of hydrogen-bond acceptors (Lipinski definition) is 3. The van der Waals surface area contributed by atoms with Crippen molar-refractivity contribution in [3.63, 3.8) is 0 Å². The molecule has 0 bridgehead atoms. The molecule has 7 rings (SSSR count). The zero-order valence-electron chi connectivity index (χ0n) is 17.2. The minimum absolute atomic E-state index is 0.841. The smallest absolute Gasteiger partial charge is 0.122 e. The minimum Gasteiger partial charge on any atom is -0.364 e. The fourth-order valence-corrected chi connectivity index (χ4v) is 4.86. The van der Waals surface area contributed by atoms with Crippen molar-refractivity contribution < 1.29 is 4.52 Å². The van der Waals surface area contributed by atoms with Gasteiger partial charge in [-0.1, -0.05) is 59.8 Å². The maximum atomic E-state index is 4.84. The highest BCUT2D eigenvalue weighted by molar-refractivity contribution is 6.08. The standard InChI is InChI=1S/C18H16.C10H6N2O/c1-3-7-15-13(5-1)9-11-18-16-8-4-2-6-14(16)10-12-17(15)18;1-2-9-8(4-6-13-12-9)10-7(1)3-5-11-10/h1,3,5,7,9-12H,2,4,6,8H2;1-6H. The third-order valence-corrected chi connectivity index (χ3v) is 6.39. The Morgan fingerprint density at radius 2 is 1.52 bits per heavy atom. The largest absolute Gasteiger partial charge is 0.364 e. The van der Waals surface area contributed by atoms with Gasteiger partial charge in [-0.05, 0) is 76.6 Å². The van der Waals surface area contributed by atoms with Crippen molar-refractivity contribution in [3.8, 4) is 0 Å². The molecular weight excluding hydrogens is 380 g/mol. The summed E-state index contributed by atoms with van der Waals surface area (Å²) in [5.41, 5.74) is 5.00. The normalized spacial score (nSPS) is 13.3. The highest BCUT2D eigenvalue weighted by Crippen LogP contribution is 2.33. The highest BCUT2D eigenvalue weighted by atomic mass is 16.4. The first-order valence-electron chi connectivity index (χ1n) is 10.9. The van der Waals surface area contributed by atoms with Gasteiger partial charge in [0.05, 0.1) is 5.52 Å². The van der Waals surface area contributed by atoms with Crippen LogP contribution in [0.25, 0.3) is 43.4 Å². The molecule has 0 N–H and O–H groups in total. The summed E-state index contributed by atoms with van der Waals surface area (Å²) < 4.78 is 4.84. The Balaban J connectivity index is 0.000000126. The predicted molar refractivity (Wildman–Crippen MR) is 127 cm³/mol. The van der Waals surface area contributed by atoms with E-state index in [1.54, 1.807) is 23.6 Å². The Hall–Kier alpha value is -3.72. The van der Waals surface area contributed by atoms with Crippen LogP contribution < -0.4 is 0 Å². The lowest BCUT2D eigenvalue weighted by atomic mass is 9.86. The summed E-state index contributed by atoms with van der Waals surface area (Å²) in [5.74, 6) is 0. The van der Waals surface area contributed by atoms with Crippen molar-refractivity contribution in [1.29, 1.82) is 0 Å². The topological polar surface area (TPSA) is 38.9 Å². The lowest BCUT2D eigenvalue weighted by molar-refractivity contribution is 0.412. The fraction of sp³-hybridized carbons (Fsp3) is 0.143. The van der Waals surface area contributed by atoms with Gasteiger partial charge < -0.3 is 4.52 Å². The van der Waals surface area contributed by atoms with Crippen molar-refractivity contribution in [2.24, 2.45) is 0 Å². The van der Waals surface area contributed by atoms with Gasteiger partial charge >= 0.3 is 0 Å². The SMILES string of the molecule is c1cc2ccc3noccc3c2n1.c1ccc2c(c1)ccc1c3c(ccc12)CCCC3. The number of aromatic nitrogens is 2. The maximum Gasteiger partial charge on any atom is 0.122 e. The van der Waals surface area contributed by atoms with Crippen molar-refractivity contribution in [2.75, 3.05) is 0 Å². The zero-order chi connectivity index (χ0) is 20.6. The molecule has 0 fully saturated rings. The summed E-state index contributed by atoms with van der Waals surface area (Å²) in [7, 11) is 0. The van der Waals surface area contributed by atoms with Crippen LogP contribution in [0.2, 0.25) is 0 Å². The summed E-state index contributed by atoms with van der Waals surface area (Å²) in [6, 6.07) is 25.8. The molecule has 0 aliphatic heterocycles. The monoisotopic (exact) mass is 402 g/mol. The van der Waals surface area contributed by atoms with E-state index in [9.17, 15) is 0 Å². The van der Waals surface area contributed by atoms with E-state index in [2.05, 4.69) is 58.7 Å². The average molecular weight is 402 g/mol. The number of benzene rings is 4. The molecular formula is C28H22N2O. The molecule has 1 aliphatic rings. The number of aryl methyl sites for hydroxylation is 2. The molecule has 3 heteroatoms. The second-order valence-corrected chi connectivity index (χ2v) is 8.17. The first kappa shape index (κ1) is 18.1. The van der Waals surface area contributed by atoms with Gasteiger partial charge in [-0.2, -0.15) is 0 Å². The van der Waals surface area contributed by atoms with E-state index in [0.29, 0.717) is 0 Å². The zero-order valence-corrected chi connectivity index (χ0v) is 17.2. The Morgan fingerprint density at radius 3 is 2.52 bits per heavy atom. The molecule has 31 heavy (non-hydrogen) atoms. The van der Waals surface area contributed by atoms with E-state index in [4.69, 9.17) is 4.52 Å². The van der Waals surface area contributed by atoms with Crippen molar-refractivity contribution in [3.05, 3.63) is 96.4 Å². The highest BCUT2D eigenvalue weighted by Gasteiger charge is 2.13. The van der Waals surface area contributed by atoms with E-state index in [1.165, 1.54) is 47.2 Å². The Kier molecular flexibility index (Phi) is 4.38. The van der Waals surface area contributed by atoms with Gasteiger partial charge in [0, 0.05) is 17.0 Å². The Bertz CT molecular complexity index is 1550. The molecule has 0 spiro atoms. The van der Waals surface area contributed by atoms with Crippen LogP contribution in [0.15, 0.2) is 89.8 Å². The van der Waals surface area contributed by atoms with E-state index in [1.807, 2.05) is 24.3 Å². The summed E-state index contributed by atoms with van der Waals surface area (Å²) in [5, 5.41) is 11.7. The van der Waals surface area contributed by atoms with E-state index in [0.717, 1.165) is 21.8 Å². The molecule has 0 amide bonds. The van der Waals surface area contributed by atoms with Gasteiger partial charge in [0.1, 0.15) is 11.8 Å². The minimum atomic E-state index is 0.841. The van der Waals surface area contributed by atoms with Crippen LogP contribution in [0.5, 0.6) is 0 Å². The molecule has 0 radical (unpaired) electrons. The van der Waals surface area contributed by atoms with Crippen molar-refractivity contribution >= 4 is 43.4 Å². The second kappa shape index (κ2) is 7.51. The number of rotatable bonds is 0. The molecule has 0 saturated heterocycles. The van der Waals surface area contributed by atoms with Gasteiger partial charge in [0.15, 0.2) is 0 Å². The van der Waals surface area contributed by atoms with Crippen molar-refractivity contribution in [2.45, 2.75) is 25.7 Å². The predicted octanol–water partition coefficient (Wildman–Crippen LogP) is 7.25. The number of nitrogens with zero attached hydrogens (tertiary/aromatic N) is 2. The van der Waals surface area contributed by atoms with E-state index < -0.39 is 0 Å². The van der Waals surface area contributed by atoms with E-state index in [-0.39, 0.29) is 0 Å². The van der Waals surface area contributed by atoms with Gasteiger partial charge in [-0.25, -0.2) is 0 Å². The lowest BCUT2D eigenvalue weighted by Gasteiger charge is -2.18. The maximum absolute atomic E-state index is 4.84. The second-order valence-electron chi connectivity index (χ2n) is 8.17. The van der Waals surface area contributed by atoms with Crippen LogP contribution in [-0.4, -0.2) is 10.1 Å². The molecule has 150 valence electrons. The summed E-state index contributed by atoms with van der Waals surface area (Å²) >= 11 is 0. The van der Waals surface area contributed by atoms with Crippen molar-refractivity contribution in [1.82, 2.24) is 10.1 Å². The lowest BCUT2D eigenvalue weighted by Crippen LogP contribution is -2.02. The van der Waals surface area contributed by atoms with Crippen LogP contribution in [0, 0.1) is 0 Å². The first-order chi connectivity index (χ1) is 15.4. The van der Waals surface area contributed by atoms with Gasteiger partial charge in [0.2, 0.25) is 0 Å².